The number of aryl methyl sites for hydroxylation is 1. The van der Waals surface area contributed by atoms with Gasteiger partial charge in [-0.1, -0.05) is 12.1 Å². The number of fused-ring (bicyclic) bond motifs is 1. The lowest BCUT2D eigenvalue weighted by molar-refractivity contribution is 0.205. The molecular weight excluding hydrogens is 256 g/mol. The van der Waals surface area contributed by atoms with Gasteiger partial charge in [0, 0.05) is 25.0 Å². The van der Waals surface area contributed by atoms with Crippen molar-refractivity contribution in [1.82, 2.24) is 19.7 Å². The van der Waals surface area contributed by atoms with Crippen LogP contribution in [0, 0.1) is 0 Å². The van der Waals surface area contributed by atoms with Gasteiger partial charge < -0.3 is 9.84 Å². The molecular formula is C14H14N4O2. The monoisotopic (exact) mass is 270 g/mol. The summed E-state index contributed by atoms with van der Waals surface area (Å²) in [5, 5.41) is 14.8. The highest BCUT2D eigenvalue weighted by molar-refractivity contribution is 5.78. The maximum Gasteiger partial charge on any atom is 0.162 e. The summed E-state index contributed by atoms with van der Waals surface area (Å²) in [6.45, 7) is 0. The van der Waals surface area contributed by atoms with Crippen LogP contribution in [0.15, 0.2) is 36.8 Å². The average Bonchev–Trinajstić information content (AvgIpc) is 2.87. The van der Waals surface area contributed by atoms with Crippen molar-refractivity contribution >= 4 is 11.0 Å². The van der Waals surface area contributed by atoms with Crippen molar-refractivity contribution in [2.45, 2.75) is 6.10 Å². The highest BCUT2D eigenvalue weighted by Crippen LogP contribution is 2.31. The van der Waals surface area contributed by atoms with Gasteiger partial charge in [-0.2, -0.15) is 5.10 Å². The first-order valence-electron chi connectivity index (χ1n) is 6.16. The number of rotatable bonds is 3. The number of aliphatic hydroxyl groups is 1. The fourth-order valence-electron chi connectivity index (χ4n) is 2.28. The molecule has 6 nitrogen and oxygen atoms in total. The van der Waals surface area contributed by atoms with Crippen molar-refractivity contribution in [3.05, 3.63) is 48.0 Å². The summed E-state index contributed by atoms with van der Waals surface area (Å²) < 4.78 is 6.84. The van der Waals surface area contributed by atoms with Crippen LogP contribution in [0.4, 0.5) is 0 Å². The SMILES string of the molecule is COc1cnn(C)c1C(O)c1cccc2nccnc12. The second kappa shape index (κ2) is 4.90. The molecule has 3 aromatic rings. The number of nitrogens with zero attached hydrogens (tertiary/aromatic N) is 4. The largest absolute Gasteiger partial charge is 0.493 e. The van der Waals surface area contributed by atoms with Gasteiger partial charge >= 0.3 is 0 Å². The molecule has 1 unspecified atom stereocenters. The Bertz CT molecular complexity index is 749. The summed E-state index contributed by atoms with van der Waals surface area (Å²) in [5.74, 6) is 0.542. The minimum absolute atomic E-state index is 0.542. The van der Waals surface area contributed by atoms with Crippen molar-refractivity contribution in [3.63, 3.8) is 0 Å². The zero-order valence-corrected chi connectivity index (χ0v) is 11.2. The summed E-state index contributed by atoms with van der Waals surface area (Å²) in [6, 6.07) is 5.53. The molecule has 1 atom stereocenters. The minimum atomic E-state index is -0.877. The Morgan fingerprint density at radius 3 is 2.85 bits per heavy atom. The number of methoxy groups -OCH3 is 1. The van der Waals surface area contributed by atoms with E-state index in [9.17, 15) is 5.11 Å². The highest BCUT2D eigenvalue weighted by Gasteiger charge is 2.22. The van der Waals surface area contributed by atoms with E-state index in [1.165, 1.54) is 0 Å². The van der Waals surface area contributed by atoms with Crippen LogP contribution in [0.5, 0.6) is 5.75 Å². The highest BCUT2D eigenvalue weighted by atomic mass is 16.5. The van der Waals surface area contributed by atoms with Gasteiger partial charge in [0.05, 0.1) is 24.3 Å². The van der Waals surface area contributed by atoms with E-state index >= 15 is 0 Å². The van der Waals surface area contributed by atoms with Crippen LogP contribution in [0.1, 0.15) is 17.4 Å². The van der Waals surface area contributed by atoms with Crippen LogP contribution < -0.4 is 4.74 Å². The molecule has 0 bridgehead atoms. The number of benzene rings is 1. The lowest BCUT2D eigenvalue weighted by Gasteiger charge is -2.14. The third kappa shape index (κ3) is 1.90. The molecule has 2 aromatic heterocycles. The molecule has 1 aromatic carbocycles. The number of hydrogen-bond acceptors (Lipinski definition) is 5. The smallest absolute Gasteiger partial charge is 0.162 e. The topological polar surface area (TPSA) is 73.1 Å². The van der Waals surface area contributed by atoms with Crippen LogP contribution >= 0.6 is 0 Å². The molecule has 0 fully saturated rings. The van der Waals surface area contributed by atoms with E-state index in [1.54, 1.807) is 37.4 Å². The first kappa shape index (κ1) is 12.6. The molecule has 0 aliphatic rings. The van der Waals surface area contributed by atoms with Crippen molar-refractivity contribution < 1.29 is 9.84 Å². The Kier molecular flexibility index (Phi) is 3.08. The van der Waals surface area contributed by atoms with Crippen molar-refractivity contribution in [3.8, 4) is 5.75 Å². The van der Waals surface area contributed by atoms with E-state index in [4.69, 9.17) is 4.74 Å². The Hall–Kier alpha value is -2.47. The number of hydrogen-bond donors (Lipinski definition) is 1. The van der Waals surface area contributed by atoms with Gasteiger partial charge in [0.1, 0.15) is 11.8 Å². The zero-order valence-electron chi connectivity index (χ0n) is 11.2. The molecule has 0 saturated carbocycles. The number of ether oxygens (including phenoxy) is 1. The van der Waals surface area contributed by atoms with Crippen LogP contribution in [0.2, 0.25) is 0 Å². The molecule has 1 N–H and O–H groups in total. The van der Waals surface area contributed by atoms with Gasteiger partial charge in [0.25, 0.3) is 0 Å². The summed E-state index contributed by atoms with van der Waals surface area (Å²) in [7, 11) is 3.31. The average molecular weight is 270 g/mol. The standard InChI is InChI=1S/C14H14N4O2/c1-18-13(11(20-2)8-17-18)14(19)9-4-3-5-10-12(9)16-7-6-15-10/h3-8,14,19H,1-2H3. The molecule has 0 amide bonds. The van der Waals surface area contributed by atoms with E-state index in [1.807, 2.05) is 18.2 Å². The van der Waals surface area contributed by atoms with Gasteiger partial charge in [-0.3, -0.25) is 14.6 Å². The molecule has 0 aliphatic heterocycles. The minimum Gasteiger partial charge on any atom is -0.493 e. The first-order valence-corrected chi connectivity index (χ1v) is 6.16. The molecule has 0 saturated heterocycles. The fraction of sp³-hybridized carbons (Fsp3) is 0.214. The molecule has 0 aliphatic carbocycles. The van der Waals surface area contributed by atoms with Crippen molar-refractivity contribution in [2.75, 3.05) is 7.11 Å². The lowest BCUT2D eigenvalue weighted by Crippen LogP contribution is -2.09. The van der Waals surface area contributed by atoms with E-state index < -0.39 is 6.10 Å². The molecule has 0 radical (unpaired) electrons. The van der Waals surface area contributed by atoms with Gasteiger partial charge in [-0.05, 0) is 6.07 Å². The van der Waals surface area contributed by atoms with Crippen molar-refractivity contribution in [2.24, 2.45) is 7.05 Å². The van der Waals surface area contributed by atoms with Gasteiger partial charge in [0.2, 0.25) is 0 Å². The summed E-state index contributed by atoms with van der Waals surface area (Å²) in [5.41, 5.74) is 2.68. The third-order valence-electron chi connectivity index (χ3n) is 3.25. The van der Waals surface area contributed by atoms with E-state index in [-0.39, 0.29) is 0 Å². The second-order valence-electron chi connectivity index (χ2n) is 4.40. The van der Waals surface area contributed by atoms with Gasteiger partial charge in [-0.15, -0.1) is 0 Å². The Morgan fingerprint density at radius 1 is 1.25 bits per heavy atom. The second-order valence-corrected chi connectivity index (χ2v) is 4.40. The molecule has 102 valence electrons. The maximum atomic E-state index is 10.7. The number of aromatic nitrogens is 4. The maximum absolute atomic E-state index is 10.7. The number of aliphatic hydroxyl groups excluding tert-OH is 1. The van der Waals surface area contributed by atoms with E-state index in [0.717, 1.165) is 5.52 Å². The third-order valence-corrected chi connectivity index (χ3v) is 3.25. The molecule has 20 heavy (non-hydrogen) atoms. The quantitative estimate of drug-likeness (QED) is 0.780. The Labute approximate surface area is 115 Å². The fourth-order valence-corrected chi connectivity index (χ4v) is 2.28. The van der Waals surface area contributed by atoms with E-state index in [0.29, 0.717) is 22.5 Å². The summed E-state index contributed by atoms with van der Waals surface area (Å²) >= 11 is 0. The van der Waals surface area contributed by atoms with Crippen molar-refractivity contribution in [1.29, 1.82) is 0 Å². The summed E-state index contributed by atoms with van der Waals surface area (Å²) in [6.07, 6.45) is 3.94. The van der Waals surface area contributed by atoms with Crippen LogP contribution in [0.3, 0.4) is 0 Å². The Balaban J connectivity index is 2.17. The molecule has 3 rings (SSSR count). The Morgan fingerprint density at radius 2 is 2.05 bits per heavy atom. The molecule has 6 heteroatoms. The zero-order chi connectivity index (χ0) is 14.1. The van der Waals surface area contributed by atoms with Crippen LogP contribution in [-0.4, -0.2) is 32.0 Å². The van der Waals surface area contributed by atoms with Crippen LogP contribution in [0.25, 0.3) is 11.0 Å². The van der Waals surface area contributed by atoms with Gasteiger partial charge in [0.15, 0.2) is 5.75 Å². The predicted molar refractivity (Wildman–Crippen MR) is 73.4 cm³/mol. The normalized spacial score (nSPS) is 12.6. The lowest BCUT2D eigenvalue weighted by atomic mass is 10.0. The van der Waals surface area contributed by atoms with E-state index in [2.05, 4.69) is 15.1 Å². The number of para-hydroxylation sites is 1. The first-order chi connectivity index (χ1) is 9.72. The predicted octanol–water partition coefficient (Wildman–Crippen LogP) is 1.45. The summed E-state index contributed by atoms with van der Waals surface area (Å²) in [4.78, 5) is 8.55. The van der Waals surface area contributed by atoms with Crippen LogP contribution in [-0.2, 0) is 7.05 Å². The molecule has 0 spiro atoms. The van der Waals surface area contributed by atoms with Gasteiger partial charge in [-0.25, -0.2) is 0 Å². The molecule has 2 heterocycles.